The first-order valence-corrected chi connectivity index (χ1v) is 12.2. The van der Waals surface area contributed by atoms with Crippen molar-refractivity contribution in [3.8, 4) is 5.75 Å². The number of carboxylic acid groups (broad SMARTS) is 1. The largest absolute Gasteiger partial charge is 0.480 e. The van der Waals surface area contributed by atoms with Crippen molar-refractivity contribution in [1.29, 1.82) is 0 Å². The number of aliphatic carboxylic acids is 1. The molecule has 0 heterocycles. The molecule has 7 nitrogen and oxygen atoms in total. The fourth-order valence-electron chi connectivity index (χ4n) is 4.28. The number of anilines is 3. The Morgan fingerprint density at radius 3 is 2.41 bits per heavy atom. The fraction of sp³-hybridized carbons (Fsp3) is 0.462. The first kappa shape index (κ1) is 25.7. The van der Waals surface area contributed by atoms with Crippen LogP contribution in [0, 0.1) is 12.8 Å². The van der Waals surface area contributed by atoms with E-state index in [0.717, 1.165) is 30.6 Å². The van der Waals surface area contributed by atoms with Crippen molar-refractivity contribution in [3.63, 3.8) is 0 Å². The zero-order valence-corrected chi connectivity index (χ0v) is 20.8. The van der Waals surface area contributed by atoms with Gasteiger partial charge in [-0.2, -0.15) is 0 Å². The Morgan fingerprint density at radius 1 is 1.12 bits per heavy atom. The van der Waals surface area contributed by atoms with Crippen LogP contribution in [-0.2, 0) is 4.79 Å². The van der Waals surface area contributed by atoms with Gasteiger partial charge in [-0.15, -0.1) is 0 Å². The normalized spacial score (nSPS) is 14.0. The fourth-order valence-corrected chi connectivity index (χ4v) is 4.49. The van der Waals surface area contributed by atoms with Crippen LogP contribution in [0.15, 0.2) is 36.4 Å². The molecule has 2 aromatic rings. The summed E-state index contributed by atoms with van der Waals surface area (Å²) in [6.07, 6.45) is 5.74. The van der Waals surface area contributed by atoms with E-state index in [9.17, 15) is 9.59 Å². The van der Waals surface area contributed by atoms with Gasteiger partial charge < -0.3 is 25.4 Å². The van der Waals surface area contributed by atoms with E-state index in [1.807, 2.05) is 31.2 Å². The molecule has 0 aliphatic heterocycles. The SMILES string of the molecule is Cc1ccc(NC(=O)Nc2cc(OCC(=O)O)c(Cl)cc2N(CC(C)C)C2CCCCC2)cc1. The molecule has 1 aliphatic rings. The van der Waals surface area contributed by atoms with Gasteiger partial charge in [0.05, 0.1) is 16.4 Å². The van der Waals surface area contributed by atoms with Gasteiger partial charge >= 0.3 is 12.0 Å². The van der Waals surface area contributed by atoms with Crippen molar-refractivity contribution in [1.82, 2.24) is 0 Å². The number of hydrogen-bond donors (Lipinski definition) is 3. The third-order valence-electron chi connectivity index (χ3n) is 5.85. The van der Waals surface area contributed by atoms with Crippen molar-refractivity contribution in [3.05, 3.63) is 47.0 Å². The van der Waals surface area contributed by atoms with Gasteiger partial charge in [0.1, 0.15) is 5.75 Å². The maximum Gasteiger partial charge on any atom is 0.341 e. The Labute approximate surface area is 206 Å². The third-order valence-corrected chi connectivity index (χ3v) is 6.14. The Bertz CT molecular complexity index is 988. The summed E-state index contributed by atoms with van der Waals surface area (Å²) in [6.45, 7) is 6.60. The molecule has 2 aromatic carbocycles. The summed E-state index contributed by atoms with van der Waals surface area (Å²) in [5, 5.41) is 15.1. The quantitative estimate of drug-likeness (QED) is 0.373. The maximum atomic E-state index is 12.9. The first-order chi connectivity index (χ1) is 16.2. The highest BCUT2D eigenvalue weighted by Gasteiger charge is 2.26. The Hall–Kier alpha value is -2.93. The van der Waals surface area contributed by atoms with Crippen LogP contribution >= 0.6 is 11.6 Å². The smallest absolute Gasteiger partial charge is 0.341 e. The van der Waals surface area contributed by atoms with Gasteiger partial charge in [-0.25, -0.2) is 9.59 Å². The number of urea groups is 1. The summed E-state index contributed by atoms with van der Waals surface area (Å²) in [5.74, 6) is -0.486. The molecule has 3 rings (SSSR count). The van der Waals surface area contributed by atoms with Crippen molar-refractivity contribution >= 4 is 40.7 Å². The summed E-state index contributed by atoms with van der Waals surface area (Å²) in [5.41, 5.74) is 3.11. The molecule has 184 valence electrons. The molecule has 0 bridgehead atoms. The second-order valence-electron chi connectivity index (χ2n) is 9.27. The van der Waals surface area contributed by atoms with E-state index in [0.29, 0.717) is 28.4 Å². The molecule has 1 fully saturated rings. The number of aryl methyl sites for hydroxylation is 1. The highest BCUT2D eigenvalue weighted by Crippen LogP contribution is 2.40. The molecule has 0 spiro atoms. The summed E-state index contributed by atoms with van der Waals surface area (Å²) in [4.78, 5) is 26.2. The number of ether oxygens (including phenoxy) is 1. The van der Waals surface area contributed by atoms with E-state index >= 15 is 0 Å². The lowest BCUT2D eigenvalue weighted by molar-refractivity contribution is -0.139. The van der Waals surface area contributed by atoms with Crippen molar-refractivity contribution in [2.45, 2.75) is 58.9 Å². The lowest BCUT2D eigenvalue weighted by Crippen LogP contribution is -2.40. The molecule has 3 N–H and O–H groups in total. The summed E-state index contributed by atoms with van der Waals surface area (Å²) in [7, 11) is 0. The topological polar surface area (TPSA) is 90.9 Å². The van der Waals surface area contributed by atoms with Crippen LogP contribution in [0.4, 0.5) is 21.9 Å². The average molecular weight is 488 g/mol. The Morgan fingerprint density at radius 2 is 1.79 bits per heavy atom. The number of rotatable bonds is 9. The third kappa shape index (κ3) is 7.29. The van der Waals surface area contributed by atoms with E-state index in [4.69, 9.17) is 21.4 Å². The summed E-state index contributed by atoms with van der Waals surface area (Å²) >= 11 is 6.51. The standard InChI is InChI=1S/C26H34ClN3O4/c1-17(2)15-30(20-7-5-4-6-8-20)23-13-21(27)24(34-16-25(31)32)14-22(23)29-26(33)28-19-11-9-18(3)10-12-19/h9-14,17,20H,4-8,15-16H2,1-3H3,(H,31,32)(H2,28,29,33). The number of benzene rings is 2. The molecule has 0 unspecified atom stereocenters. The predicted molar refractivity (Wildman–Crippen MR) is 137 cm³/mol. The number of carbonyl (C=O) groups is 2. The van der Waals surface area contributed by atoms with E-state index in [-0.39, 0.29) is 5.75 Å². The number of amides is 2. The minimum absolute atomic E-state index is 0.214. The summed E-state index contributed by atoms with van der Waals surface area (Å²) < 4.78 is 5.39. The van der Waals surface area contributed by atoms with Crippen molar-refractivity contribution in [2.75, 3.05) is 28.7 Å². The van der Waals surface area contributed by atoms with E-state index in [2.05, 4.69) is 29.4 Å². The molecule has 34 heavy (non-hydrogen) atoms. The first-order valence-electron chi connectivity index (χ1n) is 11.8. The molecule has 1 aliphatic carbocycles. The molecule has 0 aromatic heterocycles. The van der Waals surface area contributed by atoms with Crippen LogP contribution in [0.1, 0.15) is 51.5 Å². The minimum atomic E-state index is -1.10. The highest BCUT2D eigenvalue weighted by atomic mass is 35.5. The second-order valence-corrected chi connectivity index (χ2v) is 9.67. The number of carboxylic acids is 1. The van der Waals surface area contributed by atoms with Gasteiger partial charge in [0.25, 0.3) is 0 Å². The Kier molecular flexibility index (Phi) is 9.05. The number of hydrogen-bond acceptors (Lipinski definition) is 4. The van der Waals surface area contributed by atoms with Crippen LogP contribution < -0.4 is 20.3 Å². The van der Waals surface area contributed by atoms with Crippen LogP contribution in [0.3, 0.4) is 0 Å². The number of nitrogens with one attached hydrogen (secondary N) is 2. The van der Waals surface area contributed by atoms with Gasteiger partial charge in [-0.3, -0.25) is 0 Å². The van der Waals surface area contributed by atoms with Crippen LogP contribution in [0.5, 0.6) is 5.75 Å². The number of nitrogens with zero attached hydrogens (tertiary/aromatic N) is 1. The van der Waals surface area contributed by atoms with E-state index in [1.54, 1.807) is 12.1 Å². The lowest BCUT2D eigenvalue weighted by Gasteiger charge is -2.38. The van der Waals surface area contributed by atoms with E-state index in [1.165, 1.54) is 19.3 Å². The zero-order valence-electron chi connectivity index (χ0n) is 20.1. The highest BCUT2D eigenvalue weighted by molar-refractivity contribution is 6.32. The van der Waals surface area contributed by atoms with Crippen molar-refractivity contribution < 1.29 is 19.4 Å². The van der Waals surface area contributed by atoms with Gasteiger partial charge in [0.15, 0.2) is 6.61 Å². The van der Waals surface area contributed by atoms with Crippen LogP contribution in [-0.4, -0.2) is 36.3 Å². The molecule has 8 heteroatoms. The molecular formula is C26H34ClN3O4. The number of halogens is 1. The Balaban J connectivity index is 1.94. The van der Waals surface area contributed by atoms with Crippen LogP contribution in [0.25, 0.3) is 0 Å². The molecule has 1 saturated carbocycles. The van der Waals surface area contributed by atoms with Gasteiger partial charge in [-0.05, 0) is 43.9 Å². The van der Waals surface area contributed by atoms with Gasteiger partial charge in [0.2, 0.25) is 0 Å². The maximum absolute atomic E-state index is 12.9. The monoisotopic (exact) mass is 487 g/mol. The lowest BCUT2D eigenvalue weighted by atomic mass is 9.93. The predicted octanol–water partition coefficient (Wildman–Crippen LogP) is 6.55. The van der Waals surface area contributed by atoms with Crippen LogP contribution in [0.2, 0.25) is 5.02 Å². The molecule has 0 atom stereocenters. The van der Waals surface area contributed by atoms with Gasteiger partial charge in [-0.1, -0.05) is 62.4 Å². The molecular weight excluding hydrogens is 454 g/mol. The molecule has 0 saturated heterocycles. The van der Waals surface area contributed by atoms with E-state index < -0.39 is 18.6 Å². The minimum Gasteiger partial charge on any atom is -0.480 e. The van der Waals surface area contributed by atoms with Crippen molar-refractivity contribution in [2.24, 2.45) is 5.92 Å². The second kappa shape index (κ2) is 12.0. The number of carbonyl (C=O) groups excluding carboxylic acids is 1. The molecule has 0 radical (unpaired) electrons. The van der Waals surface area contributed by atoms with Gasteiger partial charge in [0, 0.05) is 24.3 Å². The zero-order chi connectivity index (χ0) is 24.7. The average Bonchev–Trinajstić information content (AvgIpc) is 2.79. The molecule has 2 amide bonds. The summed E-state index contributed by atoms with van der Waals surface area (Å²) in [6, 6.07) is 10.9.